The average Bonchev–Trinajstić information content (AvgIpc) is 2.30. The Morgan fingerprint density at radius 3 is 1.50 bits per heavy atom. The first kappa shape index (κ1) is 13.8. The normalized spacial score (nSPS) is 9.89. The third kappa shape index (κ3) is 2.91. The fraction of sp³-hybridized carbons (Fsp3) is 0.333. The van der Waals surface area contributed by atoms with Gasteiger partial charge < -0.3 is 19.7 Å². The van der Waals surface area contributed by atoms with Gasteiger partial charge in [0.25, 0.3) is 0 Å². The Labute approximate surface area is 104 Å². The Morgan fingerprint density at radius 1 is 0.944 bits per heavy atom. The Bertz CT molecular complexity index is 422. The van der Waals surface area contributed by atoms with Crippen LogP contribution in [-0.2, 0) is 0 Å². The van der Waals surface area contributed by atoms with E-state index in [9.17, 15) is 9.59 Å². The molecule has 0 aliphatic heterocycles. The molecule has 0 spiro atoms. The maximum Gasteiger partial charge on any atom is 0.339 e. The lowest BCUT2D eigenvalue weighted by molar-refractivity contribution is 0.0673. The molecule has 0 heterocycles. The van der Waals surface area contributed by atoms with Gasteiger partial charge in [0.15, 0.2) is 0 Å². The van der Waals surface area contributed by atoms with Gasteiger partial charge in [0.05, 0.1) is 13.2 Å². The number of benzene rings is 1. The fourth-order valence-corrected chi connectivity index (χ4v) is 1.44. The first-order valence-corrected chi connectivity index (χ1v) is 5.41. The summed E-state index contributed by atoms with van der Waals surface area (Å²) in [6.45, 7) is 3.85. The minimum Gasteiger partial charge on any atom is -0.493 e. The Morgan fingerprint density at radius 2 is 1.28 bits per heavy atom. The van der Waals surface area contributed by atoms with Crippen molar-refractivity contribution in [2.24, 2.45) is 0 Å². The van der Waals surface area contributed by atoms with E-state index >= 15 is 0 Å². The zero-order valence-corrected chi connectivity index (χ0v) is 10.1. The minimum atomic E-state index is -1.20. The van der Waals surface area contributed by atoms with Crippen LogP contribution in [0.4, 0.5) is 0 Å². The molecule has 1 aromatic rings. The molecule has 0 radical (unpaired) electrons. The maximum absolute atomic E-state index is 11.1. The maximum atomic E-state index is 11.1. The van der Waals surface area contributed by atoms with E-state index in [-0.39, 0.29) is 35.8 Å². The summed E-state index contributed by atoms with van der Waals surface area (Å²) >= 11 is 0. The topological polar surface area (TPSA) is 93.1 Å². The molecule has 98 valence electrons. The SMILES string of the molecule is CCOc1cc(C(=O)O)c(OCC)cc1C(=O)O. The van der Waals surface area contributed by atoms with Crippen LogP contribution < -0.4 is 9.47 Å². The molecular weight excluding hydrogens is 240 g/mol. The van der Waals surface area contributed by atoms with Crippen LogP contribution in [0.5, 0.6) is 11.5 Å². The van der Waals surface area contributed by atoms with Gasteiger partial charge in [0.2, 0.25) is 0 Å². The summed E-state index contributed by atoms with van der Waals surface area (Å²) < 4.78 is 10.2. The van der Waals surface area contributed by atoms with Crippen LogP contribution >= 0.6 is 0 Å². The van der Waals surface area contributed by atoms with Gasteiger partial charge in [0, 0.05) is 0 Å². The molecule has 0 aliphatic carbocycles. The number of hydrogen-bond donors (Lipinski definition) is 2. The van der Waals surface area contributed by atoms with Crippen LogP contribution in [0.2, 0.25) is 0 Å². The summed E-state index contributed by atoms with van der Waals surface area (Å²) in [6, 6.07) is 2.33. The number of ether oxygens (including phenoxy) is 2. The molecule has 0 bridgehead atoms. The van der Waals surface area contributed by atoms with E-state index in [2.05, 4.69) is 0 Å². The predicted molar refractivity (Wildman–Crippen MR) is 62.7 cm³/mol. The summed E-state index contributed by atoms with van der Waals surface area (Å²) in [5.74, 6) is -2.36. The van der Waals surface area contributed by atoms with Crippen molar-refractivity contribution in [3.8, 4) is 11.5 Å². The Balaban J connectivity index is 3.39. The van der Waals surface area contributed by atoms with Gasteiger partial charge in [-0.15, -0.1) is 0 Å². The average molecular weight is 254 g/mol. The molecule has 1 aromatic carbocycles. The summed E-state index contributed by atoms with van der Waals surface area (Å²) in [5.41, 5.74) is -0.240. The summed E-state index contributed by atoms with van der Waals surface area (Å²) in [5, 5.41) is 18.1. The van der Waals surface area contributed by atoms with E-state index in [4.69, 9.17) is 19.7 Å². The van der Waals surface area contributed by atoms with Gasteiger partial charge in [-0.3, -0.25) is 0 Å². The molecule has 0 atom stereocenters. The van der Waals surface area contributed by atoms with Crippen LogP contribution in [0.25, 0.3) is 0 Å². The van der Waals surface area contributed by atoms with Crippen LogP contribution in [-0.4, -0.2) is 35.4 Å². The summed E-state index contributed by atoms with van der Waals surface area (Å²) in [7, 11) is 0. The number of carbonyl (C=O) groups is 2. The number of carboxylic acid groups (broad SMARTS) is 2. The number of aromatic carboxylic acids is 2. The molecule has 18 heavy (non-hydrogen) atoms. The quantitative estimate of drug-likeness (QED) is 0.805. The highest BCUT2D eigenvalue weighted by molar-refractivity contribution is 5.97. The van der Waals surface area contributed by atoms with Gasteiger partial charge in [-0.05, 0) is 26.0 Å². The fourth-order valence-electron chi connectivity index (χ4n) is 1.44. The first-order chi connectivity index (χ1) is 8.51. The minimum absolute atomic E-state index is 0.0193. The van der Waals surface area contributed by atoms with E-state index < -0.39 is 11.9 Å². The molecule has 0 saturated carbocycles. The van der Waals surface area contributed by atoms with Crippen molar-refractivity contribution in [1.29, 1.82) is 0 Å². The van der Waals surface area contributed by atoms with Gasteiger partial charge in [-0.1, -0.05) is 0 Å². The van der Waals surface area contributed by atoms with Gasteiger partial charge in [-0.25, -0.2) is 9.59 Å². The Kier molecular flexibility index (Phi) is 4.53. The molecule has 2 N–H and O–H groups in total. The standard InChI is InChI=1S/C12H14O6/c1-3-17-9-5-8(12(15)16)10(18-4-2)6-7(9)11(13)14/h5-6H,3-4H2,1-2H3,(H,13,14)(H,15,16). The predicted octanol–water partition coefficient (Wildman–Crippen LogP) is 1.88. The molecule has 0 saturated heterocycles. The van der Waals surface area contributed by atoms with Gasteiger partial charge >= 0.3 is 11.9 Å². The van der Waals surface area contributed by atoms with E-state index in [1.807, 2.05) is 0 Å². The third-order valence-corrected chi connectivity index (χ3v) is 2.14. The molecule has 0 aliphatic rings. The lowest BCUT2D eigenvalue weighted by atomic mass is 10.1. The summed E-state index contributed by atoms with van der Waals surface area (Å²) in [4.78, 5) is 22.1. The number of rotatable bonds is 6. The molecule has 0 fully saturated rings. The third-order valence-electron chi connectivity index (χ3n) is 2.14. The van der Waals surface area contributed by atoms with E-state index in [1.165, 1.54) is 12.1 Å². The zero-order chi connectivity index (χ0) is 13.7. The van der Waals surface area contributed by atoms with Crippen molar-refractivity contribution in [1.82, 2.24) is 0 Å². The largest absolute Gasteiger partial charge is 0.493 e. The van der Waals surface area contributed by atoms with Gasteiger partial charge in [-0.2, -0.15) is 0 Å². The second kappa shape index (κ2) is 5.90. The highest BCUT2D eigenvalue weighted by Gasteiger charge is 2.20. The molecule has 0 amide bonds. The molecular formula is C12H14O6. The van der Waals surface area contributed by atoms with Crippen LogP contribution in [0.1, 0.15) is 34.6 Å². The highest BCUT2D eigenvalue weighted by Crippen LogP contribution is 2.29. The smallest absolute Gasteiger partial charge is 0.339 e. The van der Waals surface area contributed by atoms with Crippen molar-refractivity contribution in [3.05, 3.63) is 23.3 Å². The van der Waals surface area contributed by atoms with Crippen LogP contribution in [0.15, 0.2) is 12.1 Å². The van der Waals surface area contributed by atoms with Crippen molar-refractivity contribution in [3.63, 3.8) is 0 Å². The van der Waals surface area contributed by atoms with Crippen LogP contribution in [0.3, 0.4) is 0 Å². The first-order valence-electron chi connectivity index (χ1n) is 5.41. The monoisotopic (exact) mass is 254 g/mol. The second-order valence-corrected chi connectivity index (χ2v) is 3.32. The molecule has 0 aromatic heterocycles. The second-order valence-electron chi connectivity index (χ2n) is 3.32. The van der Waals surface area contributed by atoms with Crippen molar-refractivity contribution in [2.45, 2.75) is 13.8 Å². The molecule has 0 unspecified atom stereocenters. The van der Waals surface area contributed by atoms with Crippen molar-refractivity contribution in [2.75, 3.05) is 13.2 Å². The van der Waals surface area contributed by atoms with E-state index in [0.29, 0.717) is 0 Å². The van der Waals surface area contributed by atoms with E-state index in [1.54, 1.807) is 13.8 Å². The summed E-state index contributed by atoms with van der Waals surface area (Å²) in [6.07, 6.45) is 0. The lowest BCUT2D eigenvalue weighted by Crippen LogP contribution is -2.09. The highest BCUT2D eigenvalue weighted by atomic mass is 16.5. The van der Waals surface area contributed by atoms with Crippen LogP contribution in [0, 0.1) is 0 Å². The van der Waals surface area contributed by atoms with Crippen molar-refractivity contribution < 1.29 is 29.3 Å². The number of hydrogen-bond acceptors (Lipinski definition) is 4. The number of carboxylic acids is 2. The van der Waals surface area contributed by atoms with E-state index in [0.717, 1.165) is 0 Å². The molecule has 6 nitrogen and oxygen atoms in total. The van der Waals surface area contributed by atoms with Gasteiger partial charge in [0.1, 0.15) is 22.6 Å². The Hall–Kier alpha value is -2.24. The molecule has 1 rings (SSSR count). The van der Waals surface area contributed by atoms with Crippen molar-refractivity contribution >= 4 is 11.9 Å². The molecule has 6 heteroatoms. The lowest BCUT2D eigenvalue weighted by Gasteiger charge is -2.12. The zero-order valence-electron chi connectivity index (χ0n) is 10.1.